The normalized spacial score (nSPS) is 13.0. The Morgan fingerprint density at radius 2 is 1.77 bits per heavy atom. The Morgan fingerprint density at radius 3 is 2.29 bits per heavy atom. The third-order valence-electron chi connectivity index (χ3n) is 4.45. The molecule has 0 N–H and O–H groups in total. The number of ether oxygens (including phenoxy) is 4. The quantitative estimate of drug-likeness (QED) is 0.356. The van der Waals surface area contributed by atoms with E-state index in [1.54, 1.807) is 40.0 Å². The first-order valence-electron chi connectivity index (χ1n) is 10.6. The molecule has 0 spiro atoms. The number of esters is 1. The Morgan fingerprint density at radius 1 is 1.16 bits per heavy atom. The van der Waals surface area contributed by atoms with Crippen molar-refractivity contribution in [3.8, 4) is 5.75 Å². The minimum absolute atomic E-state index is 0.0275. The number of nitrogens with zero attached hydrogens (tertiary/aromatic N) is 1. The Hall–Kier alpha value is -2.70. The molecule has 7 heteroatoms. The SMILES string of the molecule is C=C(C[C@@H](C(=O)OCc1ccc(OC)cc1)N(C)C(=O)OC(C)(C)C)OC(C)CCC. The second-order valence-corrected chi connectivity index (χ2v) is 8.52. The third kappa shape index (κ3) is 9.77. The highest BCUT2D eigenvalue weighted by Crippen LogP contribution is 2.19. The third-order valence-corrected chi connectivity index (χ3v) is 4.45. The molecule has 0 aliphatic rings. The highest BCUT2D eigenvalue weighted by molar-refractivity contribution is 5.81. The molecule has 0 radical (unpaired) electrons. The number of hydrogen-bond donors (Lipinski definition) is 0. The highest BCUT2D eigenvalue weighted by Gasteiger charge is 2.32. The zero-order chi connectivity index (χ0) is 23.6. The average Bonchev–Trinajstić information content (AvgIpc) is 2.68. The molecule has 1 aromatic rings. The van der Waals surface area contributed by atoms with Gasteiger partial charge in [0, 0.05) is 13.5 Å². The molecule has 0 bridgehead atoms. The van der Waals surface area contributed by atoms with Gasteiger partial charge in [-0.2, -0.15) is 0 Å². The van der Waals surface area contributed by atoms with Crippen LogP contribution < -0.4 is 4.74 Å². The number of likely N-dealkylation sites (N-methyl/N-ethyl adjacent to an activating group) is 1. The van der Waals surface area contributed by atoms with Crippen LogP contribution in [-0.4, -0.2) is 48.9 Å². The summed E-state index contributed by atoms with van der Waals surface area (Å²) in [5, 5.41) is 0. The lowest BCUT2D eigenvalue weighted by Crippen LogP contribution is -2.45. The number of rotatable bonds is 11. The summed E-state index contributed by atoms with van der Waals surface area (Å²) < 4.78 is 21.8. The van der Waals surface area contributed by atoms with E-state index in [0.717, 1.165) is 18.4 Å². The number of hydrogen-bond acceptors (Lipinski definition) is 6. The van der Waals surface area contributed by atoms with Gasteiger partial charge < -0.3 is 18.9 Å². The Kier molecular flexibility index (Phi) is 10.4. The number of methoxy groups -OCH3 is 1. The first kappa shape index (κ1) is 26.3. The molecule has 2 atom stereocenters. The number of benzene rings is 1. The van der Waals surface area contributed by atoms with Gasteiger partial charge in [0.05, 0.1) is 19.0 Å². The topological polar surface area (TPSA) is 74.3 Å². The van der Waals surface area contributed by atoms with E-state index in [9.17, 15) is 9.59 Å². The fraction of sp³-hybridized carbons (Fsp3) is 0.583. The van der Waals surface area contributed by atoms with E-state index < -0.39 is 23.7 Å². The largest absolute Gasteiger partial charge is 0.497 e. The maximum atomic E-state index is 12.9. The first-order valence-corrected chi connectivity index (χ1v) is 10.6. The highest BCUT2D eigenvalue weighted by atomic mass is 16.6. The van der Waals surface area contributed by atoms with Crippen LogP contribution in [0.1, 0.15) is 59.4 Å². The first-order chi connectivity index (χ1) is 14.5. The van der Waals surface area contributed by atoms with Gasteiger partial charge in [-0.1, -0.05) is 32.1 Å². The van der Waals surface area contributed by atoms with Crippen molar-refractivity contribution in [2.45, 2.75) is 78.2 Å². The van der Waals surface area contributed by atoms with Crippen LogP contribution in [0, 0.1) is 0 Å². The molecule has 174 valence electrons. The van der Waals surface area contributed by atoms with Crippen LogP contribution in [0.4, 0.5) is 4.79 Å². The standard InChI is InChI=1S/C24H37NO6/c1-9-10-17(2)30-18(3)15-21(25(7)23(27)31-24(4,5)6)22(26)29-16-19-11-13-20(28-8)14-12-19/h11-14,17,21H,3,9-10,15-16H2,1-2,4-8H3/t17?,21-/m0/s1. The zero-order valence-corrected chi connectivity index (χ0v) is 19.9. The Balaban J connectivity index is 2.88. The molecule has 1 unspecified atom stereocenters. The molecule has 0 fully saturated rings. The van der Waals surface area contributed by atoms with Crippen LogP contribution in [0.15, 0.2) is 36.6 Å². The number of amides is 1. The molecule has 0 saturated carbocycles. The minimum atomic E-state index is -0.922. The smallest absolute Gasteiger partial charge is 0.410 e. The van der Waals surface area contributed by atoms with Gasteiger partial charge in [0.25, 0.3) is 0 Å². The van der Waals surface area contributed by atoms with Crippen molar-refractivity contribution in [2.24, 2.45) is 0 Å². The minimum Gasteiger partial charge on any atom is -0.497 e. The van der Waals surface area contributed by atoms with Crippen molar-refractivity contribution in [3.05, 3.63) is 42.2 Å². The van der Waals surface area contributed by atoms with Crippen molar-refractivity contribution in [3.63, 3.8) is 0 Å². The second-order valence-electron chi connectivity index (χ2n) is 8.52. The van der Waals surface area contributed by atoms with Crippen molar-refractivity contribution in [2.75, 3.05) is 14.2 Å². The van der Waals surface area contributed by atoms with Gasteiger partial charge in [0.2, 0.25) is 0 Å². The van der Waals surface area contributed by atoms with Gasteiger partial charge in [0.15, 0.2) is 0 Å². The van der Waals surface area contributed by atoms with Crippen molar-refractivity contribution >= 4 is 12.1 Å². The van der Waals surface area contributed by atoms with Gasteiger partial charge in [-0.25, -0.2) is 9.59 Å². The summed E-state index contributed by atoms with van der Waals surface area (Å²) >= 11 is 0. The van der Waals surface area contributed by atoms with E-state index in [0.29, 0.717) is 11.5 Å². The van der Waals surface area contributed by atoms with E-state index in [-0.39, 0.29) is 19.1 Å². The molecule has 0 saturated heterocycles. The predicted octanol–water partition coefficient (Wildman–Crippen LogP) is 5.08. The molecule has 1 rings (SSSR count). The summed E-state index contributed by atoms with van der Waals surface area (Å²) in [5.74, 6) is 0.576. The van der Waals surface area contributed by atoms with Crippen molar-refractivity contribution < 1.29 is 28.5 Å². The van der Waals surface area contributed by atoms with E-state index >= 15 is 0 Å². The molecule has 31 heavy (non-hydrogen) atoms. The van der Waals surface area contributed by atoms with E-state index in [4.69, 9.17) is 18.9 Å². The van der Waals surface area contributed by atoms with Crippen LogP contribution in [-0.2, 0) is 25.6 Å². The lowest BCUT2D eigenvalue weighted by atomic mass is 10.1. The van der Waals surface area contributed by atoms with Gasteiger partial charge in [-0.05, 0) is 51.8 Å². The van der Waals surface area contributed by atoms with Gasteiger partial charge in [-0.15, -0.1) is 0 Å². The van der Waals surface area contributed by atoms with Gasteiger partial charge >= 0.3 is 12.1 Å². The average molecular weight is 436 g/mol. The molecule has 0 aliphatic heterocycles. The van der Waals surface area contributed by atoms with Crippen LogP contribution in [0.2, 0.25) is 0 Å². The number of carbonyl (C=O) groups is 2. The van der Waals surface area contributed by atoms with Crippen LogP contribution in [0.5, 0.6) is 5.75 Å². The fourth-order valence-corrected chi connectivity index (χ4v) is 2.83. The van der Waals surface area contributed by atoms with Gasteiger partial charge in [-0.3, -0.25) is 4.90 Å². The summed E-state index contributed by atoms with van der Waals surface area (Å²) in [5.41, 5.74) is 0.117. The molecule has 0 aromatic heterocycles. The van der Waals surface area contributed by atoms with E-state index in [1.165, 1.54) is 11.9 Å². The molecule has 7 nitrogen and oxygen atoms in total. The maximum Gasteiger partial charge on any atom is 0.410 e. The van der Waals surface area contributed by atoms with E-state index in [2.05, 4.69) is 13.5 Å². The molecule has 0 heterocycles. The summed E-state index contributed by atoms with van der Waals surface area (Å²) in [6, 6.07) is 6.28. The van der Waals surface area contributed by atoms with Crippen molar-refractivity contribution in [1.29, 1.82) is 0 Å². The fourth-order valence-electron chi connectivity index (χ4n) is 2.83. The Bertz CT molecular complexity index is 723. The van der Waals surface area contributed by atoms with Crippen LogP contribution in [0.25, 0.3) is 0 Å². The van der Waals surface area contributed by atoms with E-state index in [1.807, 2.05) is 19.1 Å². The Labute approximate surface area is 186 Å². The molecule has 1 amide bonds. The van der Waals surface area contributed by atoms with Crippen LogP contribution in [0.3, 0.4) is 0 Å². The summed E-state index contributed by atoms with van der Waals surface area (Å²) in [6.45, 7) is 13.3. The lowest BCUT2D eigenvalue weighted by molar-refractivity contribution is -0.151. The summed E-state index contributed by atoms with van der Waals surface area (Å²) in [4.78, 5) is 26.7. The van der Waals surface area contributed by atoms with Gasteiger partial charge in [0.1, 0.15) is 24.0 Å². The maximum absolute atomic E-state index is 12.9. The monoisotopic (exact) mass is 435 g/mol. The zero-order valence-electron chi connectivity index (χ0n) is 19.9. The summed E-state index contributed by atoms with van der Waals surface area (Å²) in [6.07, 6.45) is 1.31. The van der Waals surface area contributed by atoms with Crippen molar-refractivity contribution in [1.82, 2.24) is 4.90 Å². The molecule has 0 aliphatic carbocycles. The van der Waals surface area contributed by atoms with Crippen LogP contribution >= 0.6 is 0 Å². The predicted molar refractivity (Wildman–Crippen MR) is 120 cm³/mol. The lowest BCUT2D eigenvalue weighted by Gasteiger charge is -2.30. The second kappa shape index (κ2) is 12.2. The molecule has 1 aromatic carbocycles. The molecular formula is C24H37NO6. The summed E-state index contributed by atoms with van der Waals surface area (Å²) in [7, 11) is 3.10. The molecular weight excluding hydrogens is 398 g/mol. The number of carbonyl (C=O) groups excluding carboxylic acids is 2.